The predicted molar refractivity (Wildman–Crippen MR) is 105 cm³/mol. The molecule has 0 amide bonds. The van der Waals surface area contributed by atoms with Gasteiger partial charge >= 0.3 is 0 Å². The second kappa shape index (κ2) is 7.43. The van der Waals surface area contributed by atoms with Crippen molar-refractivity contribution in [3.8, 4) is 0 Å². The van der Waals surface area contributed by atoms with E-state index in [1.165, 1.54) is 0 Å². The minimum atomic E-state index is -0.111. The standard InChI is InChI=1S/C21H27FN4O/c1-14-9-20(26-6-3-4-7-26)18(22)10-17(14)13-25-8-5-16(12-25)19-11-21(27)24-15(2)23-19/h9-11,16H,3-8,12-13H2,1-2H3,(H,23,24,27)/t16-/m1/s1. The van der Waals surface area contributed by atoms with E-state index in [1.807, 2.05) is 13.0 Å². The lowest BCUT2D eigenvalue weighted by atomic mass is 10.0. The predicted octanol–water partition coefficient (Wildman–Crippen LogP) is 3.12. The first-order chi connectivity index (χ1) is 13.0. The van der Waals surface area contributed by atoms with Crippen molar-refractivity contribution < 1.29 is 4.39 Å². The number of halogens is 1. The highest BCUT2D eigenvalue weighted by atomic mass is 19.1. The van der Waals surface area contributed by atoms with Gasteiger partial charge in [-0.05, 0) is 62.9 Å². The summed E-state index contributed by atoms with van der Waals surface area (Å²) in [5.74, 6) is 0.812. The second-order valence-electron chi connectivity index (χ2n) is 7.90. The summed E-state index contributed by atoms with van der Waals surface area (Å²) in [6.45, 7) is 8.31. The average molecular weight is 370 g/mol. The first-order valence-electron chi connectivity index (χ1n) is 9.84. The molecule has 2 saturated heterocycles. The Kier molecular flexibility index (Phi) is 5.00. The van der Waals surface area contributed by atoms with Gasteiger partial charge in [0.05, 0.1) is 11.4 Å². The van der Waals surface area contributed by atoms with Crippen molar-refractivity contribution in [1.29, 1.82) is 0 Å². The Morgan fingerprint density at radius 1 is 1.19 bits per heavy atom. The van der Waals surface area contributed by atoms with Crippen molar-refractivity contribution in [2.45, 2.75) is 45.6 Å². The molecule has 1 N–H and O–H groups in total. The van der Waals surface area contributed by atoms with Gasteiger partial charge in [-0.1, -0.05) is 0 Å². The van der Waals surface area contributed by atoms with Crippen LogP contribution in [0, 0.1) is 19.7 Å². The Bertz CT molecular complexity index is 888. The monoisotopic (exact) mass is 370 g/mol. The molecule has 1 atom stereocenters. The van der Waals surface area contributed by atoms with Crippen molar-refractivity contribution >= 4 is 5.69 Å². The Morgan fingerprint density at radius 2 is 1.96 bits per heavy atom. The molecule has 2 aliphatic heterocycles. The van der Waals surface area contributed by atoms with Gasteiger partial charge in [-0.3, -0.25) is 9.69 Å². The third kappa shape index (κ3) is 3.90. The van der Waals surface area contributed by atoms with Crippen LogP contribution < -0.4 is 10.5 Å². The van der Waals surface area contributed by atoms with Gasteiger partial charge in [-0.2, -0.15) is 0 Å². The molecule has 1 aromatic carbocycles. The molecule has 0 radical (unpaired) electrons. The molecule has 0 unspecified atom stereocenters. The van der Waals surface area contributed by atoms with Crippen LogP contribution in [-0.2, 0) is 6.54 Å². The van der Waals surface area contributed by atoms with E-state index in [0.29, 0.717) is 5.82 Å². The third-order valence-electron chi connectivity index (χ3n) is 5.82. The number of H-pyrrole nitrogens is 1. The molecule has 3 heterocycles. The fourth-order valence-electron chi connectivity index (χ4n) is 4.35. The van der Waals surface area contributed by atoms with Crippen LogP contribution in [0.4, 0.5) is 10.1 Å². The molecule has 0 aliphatic carbocycles. The van der Waals surface area contributed by atoms with Gasteiger partial charge in [0, 0.05) is 38.2 Å². The van der Waals surface area contributed by atoms with Crippen LogP contribution in [0.2, 0.25) is 0 Å². The number of rotatable bonds is 4. The number of anilines is 1. The molecule has 2 aromatic rings. The molecule has 2 fully saturated rings. The maximum Gasteiger partial charge on any atom is 0.251 e. The molecule has 27 heavy (non-hydrogen) atoms. The number of likely N-dealkylation sites (tertiary alicyclic amines) is 1. The smallest absolute Gasteiger partial charge is 0.251 e. The molecule has 0 spiro atoms. The van der Waals surface area contributed by atoms with E-state index in [2.05, 4.69) is 26.7 Å². The van der Waals surface area contributed by atoms with Crippen LogP contribution in [0.5, 0.6) is 0 Å². The highest BCUT2D eigenvalue weighted by Crippen LogP contribution is 2.30. The van der Waals surface area contributed by atoms with Crippen LogP contribution in [0.1, 0.15) is 47.8 Å². The van der Waals surface area contributed by atoms with Gasteiger partial charge < -0.3 is 9.88 Å². The van der Waals surface area contributed by atoms with E-state index >= 15 is 0 Å². The molecule has 0 saturated carbocycles. The number of aromatic nitrogens is 2. The van der Waals surface area contributed by atoms with E-state index in [0.717, 1.165) is 74.5 Å². The van der Waals surface area contributed by atoms with Crippen molar-refractivity contribution in [1.82, 2.24) is 14.9 Å². The molecule has 6 heteroatoms. The van der Waals surface area contributed by atoms with Crippen LogP contribution in [0.3, 0.4) is 0 Å². The lowest BCUT2D eigenvalue weighted by molar-refractivity contribution is 0.325. The third-order valence-corrected chi connectivity index (χ3v) is 5.82. The van der Waals surface area contributed by atoms with Crippen LogP contribution in [0.15, 0.2) is 23.0 Å². The maximum absolute atomic E-state index is 14.7. The summed E-state index contributed by atoms with van der Waals surface area (Å²) in [6.07, 6.45) is 3.26. The normalized spacial score (nSPS) is 20.6. The Labute approximate surface area is 159 Å². The first kappa shape index (κ1) is 18.2. The number of hydrogen-bond donors (Lipinski definition) is 1. The highest BCUT2D eigenvalue weighted by Gasteiger charge is 2.26. The average Bonchev–Trinajstić information content (AvgIpc) is 3.29. The van der Waals surface area contributed by atoms with E-state index in [9.17, 15) is 9.18 Å². The number of benzene rings is 1. The maximum atomic E-state index is 14.7. The van der Waals surface area contributed by atoms with Crippen LogP contribution >= 0.6 is 0 Å². The van der Waals surface area contributed by atoms with E-state index in [-0.39, 0.29) is 17.3 Å². The minimum Gasteiger partial charge on any atom is -0.369 e. The van der Waals surface area contributed by atoms with Crippen molar-refractivity contribution in [2.24, 2.45) is 0 Å². The zero-order valence-electron chi connectivity index (χ0n) is 16.1. The SMILES string of the molecule is Cc1nc([C@@H]2CCN(Cc3cc(F)c(N4CCCC4)cc3C)C2)cc(=O)[nH]1. The molecular formula is C21H27FN4O. The van der Waals surface area contributed by atoms with Crippen LogP contribution in [-0.4, -0.2) is 41.0 Å². The topological polar surface area (TPSA) is 52.2 Å². The van der Waals surface area contributed by atoms with Gasteiger partial charge in [-0.15, -0.1) is 0 Å². The lowest BCUT2D eigenvalue weighted by Gasteiger charge is -2.22. The molecule has 1 aromatic heterocycles. The Hall–Kier alpha value is -2.21. The Balaban J connectivity index is 1.47. The fourth-order valence-corrected chi connectivity index (χ4v) is 4.35. The van der Waals surface area contributed by atoms with E-state index < -0.39 is 0 Å². The number of aryl methyl sites for hydroxylation is 2. The van der Waals surface area contributed by atoms with Crippen LogP contribution in [0.25, 0.3) is 0 Å². The zero-order valence-corrected chi connectivity index (χ0v) is 16.1. The second-order valence-corrected chi connectivity index (χ2v) is 7.90. The van der Waals surface area contributed by atoms with Gasteiger partial charge in [0.15, 0.2) is 0 Å². The largest absolute Gasteiger partial charge is 0.369 e. The van der Waals surface area contributed by atoms with Gasteiger partial charge in [-0.25, -0.2) is 9.37 Å². The molecule has 2 aliphatic rings. The lowest BCUT2D eigenvalue weighted by Crippen LogP contribution is -2.22. The molecular weight excluding hydrogens is 343 g/mol. The summed E-state index contributed by atoms with van der Waals surface area (Å²) in [6, 6.07) is 5.33. The zero-order chi connectivity index (χ0) is 19.0. The number of aromatic amines is 1. The fraction of sp³-hybridized carbons (Fsp3) is 0.524. The summed E-state index contributed by atoms with van der Waals surface area (Å²) in [4.78, 5) is 23.4. The highest BCUT2D eigenvalue weighted by molar-refractivity contribution is 5.52. The minimum absolute atomic E-state index is 0.0913. The summed E-state index contributed by atoms with van der Waals surface area (Å²) < 4.78 is 14.7. The van der Waals surface area contributed by atoms with Crippen molar-refractivity contribution in [2.75, 3.05) is 31.1 Å². The number of hydrogen-bond acceptors (Lipinski definition) is 4. The van der Waals surface area contributed by atoms with E-state index in [1.54, 1.807) is 12.1 Å². The molecule has 0 bridgehead atoms. The summed E-state index contributed by atoms with van der Waals surface area (Å²) in [5.41, 5.74) is 3.71. The van der Waals surface area contributed by atoms with Gasteiger partial charge in [0.25, 0.3) is 5.56 Å². The summed E-state index contributed by atoms with van der Waals surface area (Å²) in [5, 5.41) is 0. The van der Waals surface area contributed by atoms with Crippen molar-refractivity contribution in [3.63, 3.8) is 0 Å². The van der Waals surface area contributed by atoms with Crippen molar-refractivity contribution in [3.05, 3.63) is 57.0 Å². The van der Waals surface area contributed by atoms with Gasteiger partial charge in [0.1, 0.15) is 11.6 Å². The molecule has 144 valence electrons. The summed E-state index contributed by atoms with van der Waals surface area (Å²) in [7, 11) is 0. The first-order valence-corrected chi connectivity index (χ1v) is 9.84. The van der Waals surface area contributed by atoms with E-state index in [4.69, 9.17) is 0 Å². The van der Waals surface area contributed by atoms with Gasteiger partial charge in [0.2, 0.25) is 0 Å². The molecule has 5 nitrogen and oxygen atoms in total. The quantitative estimate of drug-likeness (QED) is 0.899. The molecule has 4 rings (SSSR count). The Morgan fingerprint density at radius 3 is 2.70 bits per heavy atom. The summed E-state index contributed by atoms with van der Waals surface area (Å²) >= 11 is 0. The number of nitrogens with zero attached hydrogens (tertiary/aromatic N) is 3. The number of nitrogens with one attached hydrogen (secondary N) is 1.